The quantitative estimate of drug-likeness (QED) is 0.619. The van der Waals surface area contributed by atoms with Crippen LogP contribution >= 0.6 is 27.3 Å². The van der Waals surface area contributed by atoms with Gasteiger partial charge in [-0.1, -0.05) is 36.7 Å². The standard InChI is InChI=1S/C23H22BrN3O3S/c1-23(2,3)12-4-6-14-16(10-25)21(31-18(14)8-12)26-19(28)11-27-17-7-5-13(24)9-15(17)20(29)22(27)30/h5,7,9,12H,4,6,8,11H2,1-3H3,(H,26,28)/t12-/m1/s1. The lowest BCUT2D eigenvalue weighted by Gasteiger charge is -2.33. The van der Waals surface area contributed by atoms with Crippen molar-refractivity contribution in [3.8, 4) is 6.07 Å². The number of thiophene rings is 1. The topological polar surface area (TPSA) is 90.3 Å². The smallest absolute Gasteiger partial charge is 0.299 e. The number of nitrogens with zero attached hydrogens (tertiary/aromatic N) is 2. The summed E-state index contributed by atoms with van der Waals surface area (Å²) in [7, 11) is 0. The first-order valence-corrected chi connectivity index (χ1v) is 11.7. The van der Waals surface area contributed by atoms with E-state index in [2.05, 4.69) is 48.1 Å². The number of carbonyl (C=O) groups is 3. The van der Waals surface area contributed by atoms with Gasteiger partial charge in [0.25, 0.3) is 11.7 Å². The fraction of sp³-hybridized carbons (Fsp3) is 0.391. The van der Waals surface area contributed by atoms with Gasteiger partial charge >= 0.3 is 0 Å². The number of Topliss-reactive ketones (excluding diaryl/α,β-unsaturated/α-hetero) is 1. The molecule has 6 nitrogen and oxygen atoms in total. The average molecular weight is 500 g/mol. The molecule has 1 aliphatic carbocycles. The van der Waals surface area contributed by atoms with E-state index in [0.29, 0.717) is 26.6 Å². The fourth-order valence-corrected chi connectivity index (χ4v) is 5.93. The Balaban J connectivity index is 1.54. The number of halogens is 1. The summed E-state index contributed by atoms with van der Waals surface area (Å²) >= 11 is 4.75. The molecule has 0 spiro atoms. The van der Waals surface area contributed by atoms with Crippen LogP contribution in [0.25, 0.3) is 0 Å². The highest BCUT2D eigenvalue weighted by atomic mass is 79.9. The van der Waals surface area contributed by atoms with Crippen molar-refractivity contribution in [3.63, 3.8) is 0 Å². The van der Waals surface area contributed by atoms with Crippen LogP contribution in [0.2, 0.25) is 0 Å². The summed E-state index contributed by atoms with van der Waals surface area (Å²) in [5.74, 6) is -1.25. The molecule has 31 heavy (non-hydrogen) atoms. The predicted octanol–water partition coefficient (Wildman–Crippen LogP) is 4.70. The minimum atomic E-state index is -0.720. The van der Waals surface area contributed by atoms with Gasteiger partial charge in [0, 0.05) is 9.35 Å². The lowest BCUT2D eigenvalue weighted by molar-refractivity contribution is -0.118. The molecule has 1 aliphatic heterocycles. The van der Waals surface area contributed by atoms with Gasteiger partial charge in [-0.15, -0.1) is 11.3 Å². The molecule has 1 aromatic carbocycles. The van der Waals surface area contributed by atoms with Crippen molar-refractivity contribution < 1.29 is 14.4 Å². The molecule has 1 aromatic heterocycles. The molecule has 0 saturated carbocycles. The highest BCUT2D eigenvalue weighted by Gasteiger charge is 2.37. The number of ketones is 1. The number of hydrogen-bond donors (Lipinski definition) is 1. The summed E-state index contributed by atoms with van der Waals surface area (Å²) in [5.41, 5.74) is 2.44. The first-order chi connectivity index (χ1) is 14.6. The second-order valence-corrected chi connectivity index (χ2v) is 11.1. The molecule has 2 heterocycles. The van der Waals surface area contributed by atoms with E-state index in [4.69, 9.17) is 0 Å². The van der Waals surface area contributed by atoms with E-state index >= 15 is 0 Å². The van der Waals surface area contributed by atoms with E-state index in [1.165, 1.54) is 16.2 Å². The van der Waals surface area contributed by atoms with E-state index in [1.807, 2.05) is 0 Å². The summed E-state index contributed by atoms with van der Waals surface area (Å²) in [4.78, 5) is 39.8. The van der Waals surface area contributed by atoms with Crippen LogP contribution < -0.4 is 10.2 Å². The molecular formula is C23H22BrN3O3S. The van der Waals surface area contributed by atoms with Crippen molar-refractivity contribution in [2.24, 2.45) is 11.3 Å². The van der Waals surface area contributed by atoms with Crippen molar-refractivity contribution in [1.82, 2.24) is 0 Å². The number of carbonyl (C=O) groups excluding carboxylic acids is 3. The molecule has 0 saturated heterocycles. The van der Waals surface area contributed by atoms with Crippen LogP contribution in [0.4, 0.5) is 10.7 Å². The molecule has 2 amide bonds. The molecule has 1 atom stereocenters. The Kier molecular flexibility index (Phi) is 5.52. The maximum absolute atomic E-state index is 12.8. The monoisotopic (exact) mass is 499 g/mol. The summed E-state index contributed by atoms with van der Waals surface area (Å²) in [5, 5.41) is 13.1. The molecule has 2 aliphatic rings. The first-order valence-electron chi connectivity index (χ1n) is 10.1. The number of nitrogens with one attached hydrogen (secondary N) is 1. The van der Waals surface area contributed by atoms with Crippen LogP contribution in [-0.4, -0.2) is 24.1 Å². The zero-order valence-corrected chi connectivity index (χ0v) is 19.9. The van der Waals surface area contributed by atoms with Gasteiger partial charge in [0.15, 0.2) is 0 Å². The van der Waals surface area contributed by atoms with Crippen LogP contribution in [0, 0.1) is 22.7 Å². The van der Waals surface area contributed by atoms with Gasteiger partial charge in [0.05, 0.1) is 16.8 Å². The first kappa shape index (κ1) is 21.7. The Bertz CT molecular complexity index is 1160. The predicted molar refractivity (Wildman–Crippen MR) is 123 cm³/mol. The Morgan fingerprint density at radius 3 is 2.77 bits per heavy atom. The van der Waals surface area contributed by atoms with E-state index in [9.17, 15) is 19.6 Å². The van der Waals surface area contributed by atoms with Crippen molar-refractivity contribution in [2.45, 2.75) is 40.0 Å². The van der Waals surface area contributed by atoms with Crippen molar-refractivity contribution in [3.05, 3.63) is 44.2 Å². The summed E-state index contributed by atoms with van der Waals surface area (Å²) in [6.45, 7) is 6.41. The van der Waals surface area contributed by atoms with E-state index in [1.54, 1.807) is 18.2 Å². The zero-order chi connectivity index (χ0) is 22.5. The summed E-state index contributed by atoms with van der Waals surface area (Å²) < 4.78 is 0.690. The van der Waals surface area contributed by atoms with Gasteiger partial charge < -0.3 is 5.32 Å². The third-order valence-electron chi connectivity index (χ3n) is 6.09. The molecule has 2 aromatic rings. The second kappa shape index (κ2) is 7.88. The maximum Gasteiger partial charge on any atom is 0.299 e. The number of amides is 2. The van der Waals surface area contributed by atoms with Crippen LogP contribution in [-0.2, 0) is 22.4 Å². The molecular weight excluding hydrogens is 478 g/mol. The normalized spacial score (nSPS) is 17.9. The second-order valence-electron chi connectivity index (χ2n) is 9.06. The third-order valence-corrected chi connectivity index (χ3v) is 7.75. The number of rotatable bonds is 3. The molecule has 4 rings (SSSR count). The molecule has 8 heteroatoms. The largest absolute Gasteiger partial charge is 0.315 e. The number of fused-ring (bicyclic) bond motifs is 2. The zero-order valence-electron chi connectivity index (χ0n) is 17.5. The van der Waals surface area contributed by atoms with Gasteiger partial charge in [0.2, 0.25) is 5.91 Å². The lowest BCUT2D eigenvalue weighted by Crippen LogP contribution is -2.37. The molecule has 1 N–H and O–H groups in total. The van der Waals surface area contributed by atoms with Gasteiger partial charge in [-0.3, -0.25) is 19.3 Å². The van der Waals surface area contributed by atoms with E-state index < -0.39 is 17.6 Å². The van der Waals surface area contributed by atoms with Crippen molar-refractivity contribution >= 4 is 55.6 Å². The van der Waals surface area contributed by atoms with Crippen LogP contribution in [0.5, 0.6) is 0 Å². The van der Waals surface area contributed by atoms with Crippen molar-refractivity contribution in [1.29, 1.82) is 5.26 Å². The Morgan fingerprint density at radius 2 is 2.10 bits per heavy atom. The molecule has 0 radical (unpaired) electrons. The van der Waals surface area contributed by atoms with Crippen molar-refractivity contribution in [2.75, 3.05) is 16.8 Å². The summed E-state index contributed by atoms with van der Waals surface area (Å²) in [6.07, 6.45) is 2.75. The minimum Gasteiger partial charge on any atom is -0.315 e. The minimum absolute atomic E-state index is 0.183. The van der Waals surface area contributed by atoms with Crippen LogP contribution in [0.3, 0.4) is 0 Å². The SMILES string of the molecule is CC(C)(C)[C@@H]1CCc2c(sc(NC(=O)CN3C(=O)C(=O)c4cc(Br)ccc43)c2C#N)C1. The Labute approximate surface area is 193 Å². The van der Waals surface area contributed by atoms with Gasteiger partial charge in [-0.2, -0.15) is 5.26 Å². The molecule has 0 fully saturated rings. The Hall–Kier alpha value is -2.50. The van der Waals surface area contributed by atoms with E-state index in [-0.39, 0.29) is 17.5 Å². The van der Waals surface area contributed by atoms with E-state index in [0.717, 1.165) is 29.7 Å². The maximum atomic E-state index is 12.8. The fourth-order valence-electron chi connectivity index (χ4n) is 4.27. The van der Waals surface area contributed by atoms with Gasteiger partial charge in [-0.25, -0.2) is 0 Å². The number of anilines is 2. The lowest BCUT2D eigenvalue weighted by atomic mass is 9.72. The highest BCUT2D eigenvalue weighted by molar-refractivity contribution is 9.10. The summed E-state index contributed by atoms with van der Waals surface area (Å²) in [6, 6.07) is 7.20. The highest BCUT2D eigenvalue weighted by Crippen LogP contribution is 2.44. The van der Waals surface area contributed by atoms with Gasteiger partial charge in [0.1, 0.15) is 17.6 Å². The number of benzene rings is 1. The van der Waals surface area contributed by atoms with Crippen LogP contribution in [0.1, 0.15) is 53.6 Å². The number of hydrogen-bond acceptors (Lipinski definition) is 5. The van der Waals surface area contributed by atoms with Crippen LogP contribution in [0.15, 0.2) is 22.7 Å². The molecule has 160 valence electrons. The van der Waals surface area contributed by atoms with Gasteiger partial charge in [-0.05, 0) is 54.4 Å². The molecule has 0 bridgehead atoms. The number of nitriles is 1. The average Bonchev–Trinajstić information content (AvgIpc) is 3.16. The third kappa shape index (κ3) is 3.92. The Morgan fingerprint density at radius 1 is 1.35 bits per heavy atom. The molecule has 0 unspecified atom stereocenters.